The first-order chi connectivity index (χ1) is 8.44. The van der Waals surface area contributed by atoms with Crippen molar-refractivity contribution in [3.05, 3.63) is 0 Å². The van der Waals surface area contributed by atoms with E-state index in [0.717, 1.165) is 13.0 Å². The molecule has 1 aliphatic heterocycles. The second kappa shape index (κ2) is 6.18. The Bertz CT molecular complexity index is 313. The maximum Gasteiger partial charge on any atom is 0.242 e. The first kappa shape index (κ1) is 15.0. The van der Waals surface area contributed by atoms with E-state index in [1.54, 1.807) is 11.8 Å². The molecule has 5 nitrogen and oxygen atoms in total. The number of rotatable bonds is 3. The molecule has 1 fully saturated rings. The molecule has 1 heterocycles. The lowest BCUT2D eigenvalue weighted by Gasteiger charge is -2.32. The Morgan fingerprint density at radius 3 is 2.06 bits per heavy atom. The van der Waals surface area contributed by atoms with E-state index in [0.29, 0.717) is 32.5 Å². The number of hydrogen-bond donors (Lipinski definition) is 1. The topological polar surface area (TPSA) is 66.6 Å². The highest BCUT2D eigenvalue weighted by molar-refractivity contribution is 5.86. The predicted molar refractivity (Wildman–Crippen MR) is 71.0 cm³/mol. The molecule has 5 heteroatoms. The van der Waals surface area contributed by atoms with Crippen molar-refractivity contribution in [2.24, 2.45) is 5.73 Å². The van der Waals surface area contributed by atoms with Crippen LogP contribution in [0.4, 0.5) is 0 Å². The van der Waals surface area contributed by atoms with E-state index in [4.69, 9.17) is 5.73 Å². The van der Waals surface area contributed by atoms with E-state index in [9.17, 15) is 9.59 Å². The Labute approximate surface area is 109 Å². The van der Waals surface area contributed by atoms with Crippen LogP contribution in [0, 0.1) is 0 Å². The standard InChI is InChI=1S/C13H25N3O2/c1-4-13(14,5-2)12(18)16-8-6-7-15(9-10-16)11(3)17/h4-10,14H2,1-3H3. The molecule has 18 heavy (non-hydrogen) atoms. The number of amides is 2. The van der Waals surface area contributed by atoms with Crippen LogP contribution in [0.1, 0.15) is 40.0 Å². The van der Waals surface area contributed by atoms with Crippen molar-refractivity contribution in [1.82, 2.24) is 9.80 Å². The molecule has 0 aromatic heterocycles. The zero-order valence-electron chi connectivity index (χ0n) is 11.7. The van der Waals surface area contributed by atoms with Crippen molar-refractivity contribution < 1.29 is 9.59 Å². The lowest BCUT2D eigenvalue weighted by molar-refractivity contribution is -0.137. The normalized spacial score (nSPS) is 17.6. The summed E-state index contributed by atoms with van der Waals surface area (Å²) in [5.41, 5.74) is 5.40. The molecule has 2 N–H and O–H groups in total. The number of nitrogens with zero attached hydrogens (tertiary/aromatic N) is 2. The van der Waals surface area contributed by atoms with Crippen LogP contribution in [-0.2, 0) is 9.59 Å². The predicted octanol–water partition coefficient (Wildman–Crippen LogP) is 0.585. The lowest BCUT2D eigenvalue weighted by Crippen LogP contribution is -2.55. The fourth-order valence-corrected chi connectivity index (χ4v) is 2.30. The third-order valence-corrected chi connectivity index (χ3v) is 3.92. The first-order valence-corrected chi connectivity index (χ1v) is 6.78. The monoisotopic (exact) mass is 255 g/mol. The zero-order valence-corrected chi connectivity index (χ0v) is 11.7. The SMILES string of the molecule is CCC(N)(CC)C(=O)N1CCCN(C(C)=O)CC1. The molecule has 0 atom stereocenters. The Morgan fingerprint density at radius 2 is 1.56 bits per heavy atom. The van der Waals surface area contributed by atoms with Crippen molar-refractivity contribution in [2.45, 2.75) is 45.6 Å². The molecule has 0 aromatic rings. The molecule has 0 unspecified atom stereocenters. The summed E-state index contributed by atoms with van der Waals surface area (Å²) in [5, 5.41) is 0. The second-order valence-corrected chi connectivity index (χ2v) is 5.02. The van der Waals surface area contributed by atoms with Gasteiger partial charge in [0.25, 0.3) is 0 Å². The summed E-state index contributed by atoms with van der Waals surface area (Å²) in [6, 6.07) is 0. The number of hydrogen-bond acceptors (Lipinski definition) is 3. The summed E-state index contributed by atoms with van der Waals surface area (Å²) in [6.07, 6.45) is 2.12. The molecule has 0 aromatic carbocycles. The van der Waals surface area contributed by atoms with Gasteiger partial charge in [-0.2, -0.15) is 0 Å². The molecule has 0 aliphatic carbocycles. The van der Waals surface area contributed by atoms with Gasteiger partial charge in [0.1, 0.15) is 0 Å². The molecule has 0 saturated carbocycles. The molecule has 0 radical (unpaired) electrons. The van der Waals surface area contributed by atoms with Crippen LogP contribution in [0.25, 0.3) is 0 Å². The molecule has 1 aliphatic rings. The summed E-state index contributed by atoms with van der Waals surface area (Å²) in [7, 11) is 0. The fourth-order valence-electron chi connectivity index (χ4n) is 2.30. The van der Waals surface area contributed by atoms with E-state index >= 15 is 0 Å². The third-order valence-electron chi connectivity index (χ3n) is 3.92. The van der Waals surface area contributed by atoms with Gasteiger partial charge in [0.2, 0.25) is 11.8 Å². The van der Waals surface area contributed by atoms with Gasteiger partial charge in [-0.3, -0.25) is 9.59 Å². The number of carbonyl (C=O) groups is 2. The van der Waals surface area contributed by atoms with Gasteiger partial charge >= 0.3 is 0 Å². The Hall–Kier alpha value is -1.10. The molecule has 0 spiro atoms. The number of carbonyl (C=O) groups excluding carboxylic acids is 2. The Morgan fingerprint density at radius 1 is 1.06 bits per heavy atom. The minimum absolute atomic E-state index is 0.0258. The summed E-state index contributed by atoms with van der Waals surface area (Å²) in [5.74, 6) is 0.104. The van der Waals surface area contributed by atoms with E-state index in [1.165, 1.54) is 0 Å². The van der Waals surface area contributed by atoms with Crippen LogP contribution in [0.15, 0.2) is 0 Å². The summed E-state index contributed by atoms with van der Waals surface area (Å²) in [6.45, 7) is 8.10. The minimum atomic E-state index is -0.745. The second-order valence-electron chi connectivity index (χ2n) is 5.02. The largest absolute Gasteiger partial charge is 0.341 e. The van der Waals surface area contributed by atoms with Gasteiger partial charge in [0, 0.05) is 33.1 Å². The van der Waals surface area contributed by atoms with Gasteiger partial charge in [0.15, 0.2) is 0 Å². The van der Waals surface area contributed by atoms with E-state index in [2.05, 4.69) is 0 Å². The van der Waals surface area contributed by atoms with Crippen LogP contribution >= 0.6 is 0 Å². The van der Waals surface area contributed by atoms with Crippen LogP contribution in [0.3, 0.4) is 0 Å². The summed E-state index contributed by atoms with van der Waals surface area (Å²) < 4.78 is 0. The molecule has 104 valence electrons. The highest BCUT2D eigenvalue weighted by Crippen LogP contribution is 2.16. The smallest absolute Gasteiger partial charge is 0.242 e. The van der Waals surface area contributed by atoms with Gasteiger partial charge in [-0.15, -0.1) is 0 Å². The van der Waals surface area contributed by atoms with Crippen LogP contribution in [0.5, 0.6) is 0 Å². The molecule has 0 bridgehead atoms. The van der Waals surface area contributed by atoms with Gasteiger partial charge in [-0.25, -0.2) is 0 Å². The van der Waals surface area contributed by atoms with Crippen LogP contribution in [-0.4, -0.2) is 53.3 Å². The van der Waals surface area contributed by atoms with Gasteiger partial charge in [-0.05, 0) is 19.3 Å². The molecule has 2 amide bonds. The zero-order chi connectivity index (χ0) is 13.8. The summed E-state index contributed by atoms with van der Waals surface area (Å²) in [4.78, 5) is 27.4. The molecular formula is C13H25N3O2. The van der Waals surface area contributed by atoms with Crippen LogP contribution < -0.4 is 5.73 Å². The van der Waals surface area contributed by atoms with Crippen molar-refractivity contribution in [3.63, 3.8) is 0 Å². The highest BCUT2D eigenvalue weighted by atomic mass is 16.2. The van der Waals surface area contributed by atoms with Gasteiger partial charge < -0.3 is 15.5 Å². The fraction of sp³-hybridized carbons (Fsp3) is 0.846. The Kier molecular flexibility index (Phi) is 5.14. The average Bonchev–Trinajstić information content (AvgIpc) is 2.62. The van der Waals surface area contributed by atoms with Crippen molar-refractivity contribution >= 4 is 11.8 Å². The maximum absolute atomic E-state index is 12.4. The van der Waals surface area contributed by atoms with Crippen molar-refractivity contribution in [2.75, 3.05) is 26.2 Å². The average molecular weight is 255 g/mol. The van der Waals surface area contributed by atoms with Gasteiger partial charge in [-0.1, -0.05) is 13.8 Å². The van der Waals surface area contributed by atoms with Gasteiger partial charge in [0.05, 0.1) is 5.54 Å². The lowest BCUT2D eigenvalue weighted by atomic mass is 9.92. The molecule has 1 rings (SSSR count). The molecule has 1 saturated heterocycles. The Balaban J connectivity index is 2.68. The van der Waals surface area contributed by atoms with Crippen molar-refractivity contribution in [1.29, 1.82) is 0 Å². The third kappa shape index (κ3) is 3.22. The van der Waals surface area contributed by atoms with Crippen LogP contribution in [0.2, 0.25) is 0 Å². The highest BCUT2D eigenvalue weighted by Gasteiger charge is 2.34. The summed E-state index contributed by atoms with van der Waals surface area (Å²) >= 11 is 0. The number of nitrogens with two attached hydrogens (primary N) is 1. The first-order valence-electron chi connectivity index (χ1n) is 6.78. The molecular weight excluding hydrogens is 230 g/mol. The van der Waals surface area contributed by atoms with E-state index in [1.807, 2.05) is 18.7 Å². The van der Waals surface area contributed by atoms with Crippen molar-refractivity contribution in [3.8, 4) is 0 Å². The van der Waals surface area contributed by atoms with E-state index < -0.39 is 5.54 Å². The quantitative estimate of drug-likeness (QED) is 0.802. The van der Waals surface area contributed by atoms with E-state index in [-0.39, 0.29) is 11.8 Å². The minimum Gasteiger partial charge on any atom is -0.341 e. The maximum atomic E-state index is 12.4.